The van der Waals surface area contributed by atoms with Gasteiger partial charge in [-0.15, -0.1) is 5.10 Å². The molecule has 1 aliphatic carbocycles. The van der Waals surface area contributed by atoms with Crippen molar-refractivity contribution in [1.82, 2.24) is 15.0 Å². The van der Waals surface area contributed by atoms with Crippen LogP contribution in [-0.2, 0) is 22.7 Å². The van der Waals surface area contributed by atoms with Crippen LogP contribution < -0.4 is 0 Å². The molecular formula is C17H20ClN3O2S. The smallest absolute Gasteiger partial charge is 0.200 e. The van der Waals surface area contributed by atoms with E-state index in [1.807, 2.05) is 0 Å². The van der Waals surface area contributed by atoms with E-state index in [-0.39, 0.29) is 10.6 Å². The minimum atomic E-state index is -3.73. The Hall–Kier alpha value is -1.66. The molecular weight excluding hydrogens is 346 g/mol. The topological polar surface area (TPSA) is 64.8 Å². The molecule has 3 rings (SSSR count). The maximum atomic E-state index is 12.7. The molecule has 1 aromatic carbocycles. The van der Waals surface area contributed by atoms with E-state index in [0.717, 1.165) is 43.5 Å². The fourth-order valence-electron chi connectivity index (χ4n) is 2.95. The summed E-state index contributed by atoms with van der Waals surface area (Å²) in [7, 11) is -3.73. The number of halogens is 1. The third kappa shape index (κ3) is 3.26. The summed E-state index contributed by atoms with van der Waals surface area (Å²) in [5.41, 5.74) is 2.10. The second-order valence-electron chi connectivity index (χ2n) is 5.97. The molecule has 0 aliphatic heterocycles. The molecule has 1 heterocycles. The Morgan fingerprint density at radius 1 is 1.12 bits per heavy atom. The maximum absolute atomic E-state index is 12.7. The largest absolute Gasteiger partial charge is 0.222 e. The van der Waals surface area contributed by atoms with Crippen LogP contribution in [-0.4, -0.2) is 28.1 Å². The molecule has 0 saturated carbocycles. The summed E-state index contributed by atoms with van der Waals surface area (Å²) in [6.07, 6.45) is 6.13. The van der Waals surface area contributed by atoms with Crippen molar-refractivity contribution in [2.75, 3.05) is 0 Å². The summed E-state index contributed by atoms with van der Waals surface area (Å²) in [6.45, 7) is 3.90. The van der Waals surface area contributed by atoms with Gasteiger partial charge in [0.25, 0.3) is 0 Å². The molecule has 1 unspecified atom stereocenters. The lowest BCUT2D eigenvalue weighted by Gasteiger charge is -2.17. The number of nitrogens with zero attached hydrogens (tertiary/aromatic N) is 3. The van der Waals surface area contributed by atoms with Gasteiger partial charge in [-0.2, -0.15) is 0 Å². The first-order chi connectivity index (χ1) is 11.5. The van der Waals surface area contributed by atoms with Gasteiger partial charge in [0.1, 0.15) is 0 Å². The highest BCUT2D eigenvalue weighted by atomic mass is 35.5. The molecule has 0 N–H and O–H groups in total. The van der Waals surface area contributed by atoms with Crippen molar-refractivity contribution in [3.63, 3.8) is 0 Å². The van der Waals surface area contributed by atoms with Gasteiger partial charge in [-0.1, -0.05) is 54.4 Å². The highest BCUT2D eigenvalue weighted by molar-refractivity contribution is 7.93. The first-order valence-corrected chi connectivity index (χ1v) is 10.1. The van der Waals surface area contributed by atoms with Gasteiger partial charge < -0.3 is 0 Å². The van der Waals surface area contributed by atoms with Crippen LogP contribution in [0.15, 0.2) is 41.8 Å². The third-order valence-corrected chi connectivity index (χ3v) is 7.00. The molecule has 5 nitrogen and oxygen atoms in total. The average Bonchev–Trinajstić information content (AvgIpc) is 2.95. The van der Waals surface area contributed by atoms with Crippen molar-refractivity contribution in [2.24, 2.45) is 0 Å². The van der Waals surface area contributed by atoms with Gasteiger partial charge in [-0.25, -0.2) is 13.1 Å². The molecule has 128 valence electrons. The number of alkyl halides is 1. The van der Waals surface area contributed by atoms with Gasteiger partial charge in [0.05, 0.1) is 22.0 Å². The fourth-order valence-corrected chi connectivity index (χ4v) is 4.59. The zero-order valence-electron chi connectivity index (χ0n) is 13.4. The zero-order valence-corrected chi connectivity index (χ0v) is 14.9. The van der Waals surface area contributed by atoms with Gasteiger partial charge in [0.2, 0.25) is 9.84 Å². The molecule has 0 radical (unpaired) electrons. The normalized spacial score (nSPS) is 16.7. The molecule has 7 heteroatoms. The summed E-state index contributed by atoms with van der Waals surface area (Å²) in [5, 5.41) is 8.34. The summed E-state index contributed by atoms with van der Waals surface area (Å²) >= 11 is 6.29. The van der Waals surface area contributed by atoms with Crippen LogP contribution in [0.4, 0.5) is 0 Å². The van der Waals surface area contributed by atoms with Gasteiger partial charge in [0, 0.05) is 0 Å². The van der Waals surface area contributed by atoms with E-state index in [4.69, 9.17) is 11.6 Å². The zero-order chi connectivity index (χ0) is 17.2. The van der Waals surface area contributed by atoms with E-state index in [1.165, 1.54) is 23.2 Å². The number of hydrogen-bond acceptors (Lipinski definition) is 4. The minimum absolute atomic E-state index is 0.175. The monoisotopic (exact) mass is 365 g/mol. The molecule has 1 aromatic heterocycles. The van der Waals surface area contributed by atoms with Crippen LogP contribution in [0.25, 0.3) is 5.70 Å². The van der Waals surface area contributed by atoms with E-state index in [0.29, 0.717) is 0 Å². The highest BCUT2D eigenvalue weighted by Crippen LogP contribution is 2.28. The van der Waals surface area contributed by atoms with Crippen LogP contribution in [0.5, 0.6) is 0 Å². The fraction of sp³-hybridized carbons (Fsp3) is 0.412. The lowest BCUT2D eigenvalue weighted by atomic mass is 10.0. The summed E-state index contributed by atoms with van der Waals surface area (Å²) in [5.74, 6) is 0. The minimum Gasteiger partial charge on any atom is -0.222 e. The maximum Gasteiger partial charge on any atom is 0.200 e. The molecule has 0 spiro atoms. The van der Waals surface area contributed by atoms with Gasteiger partial charge in [-0.3, -0.25) is 0 Å². The van der Waals surface area contributed by atoms with Crippen molar-refractivity contribution in [1.29, 1.82) is 0 Å². The van der Waals surface area contributed by atoms with Crippen LogP contribution in [0.3, 0.4) is 0 Å². The SMILES string of the molecule is C=C(C(Cl)S(=O)(=O)c1ccccc1)n1nnc2c1CCCCCC2. The number of aromatic nitrogens is 3. The molecule has 2 aromatic rings. The Morgan fingerprint density at radius 2 is 1.79 bits per heavy atom. The molecule has 1 aliphatic rings. The van der Waals surface area contributed by atoms with Crippen molar-refractivity contribution in [2.45, 2.75) is 48.1 Å². The molecule has 0 bridgehead atoms. The van der Waals surface area contributed by atoms with Crippen LogP contribution in [0.1, 0.15) is 37.1 Å². The Kier molecular flexibility index (Phi) is 5.06. The van der Waals surface area contributed by atoms with Gasteiger partial charge in [0.15, 0.2) is 4.71 Å². The quantitative estimate of drug-likeness (QED) is 0.778. The van der Waals surface area contributed by atoms with Crippen LogP contribution in [0, 0.1) is 0 Å². The van der Waals surface area contributed by atoms with E-state index in [2.05, 4.69) is 16.9 Å². The first kappa shape index (κ1) is 17.2. The number of benzene rings is 1. The van der Waals surface area contributed by atoms with Crippen molar-refractivity contribution < 1.29 is 8.42 Å². The second kappa shape index (κ2) is 7.07. The summed E-state index contributed by atoms with van der Waals surface area (Å²) in [6, 6.07) is 8.17. The Morgan fingerprint density at radius 3 is 2.50 bits per heavy atom. The Balaban J connectivity index is 1.92. The Bertz CT molecular complexity index is 831. The van der Waals surface area contributed by atoms with E-state index in [1.54, 1.807) is 18.2 Å². The highest BCUT2D eigenvalue weighted by Gasteiger charge is 2.31. The first-order valence-electron chi connectivity index (χ1n) is 8.07. The molecule has 0 fully saturated rings. The van der Waals surface area contributed by atoms with Crippen LogP contribution >= 0.6 is 11.6 Å². The van der Waals surface area contributed by atoms with Crippen molar-refractivity contribution in [3.05, 3.63) is 48.3 Å². The van der Waals surface area contributed by atoms with E-state index < -0.39 is 14.5 Å². The number of aryl methyl sites for hydroxylation is 1. The summed E-state index contributed by atoms with van der Waals surface area (Å²) in [4.78, 5) is 0.175. The summed E-state index contributed by atoms with van der Waals surface area (Å²) < 4.78 is 25.7. The molecule has 1 atom stereocenters. The number of hydrogen-bond donors (Lipinski definition) is 0. The molecule has 24 heavy (non-hydrogen) atoms. The van der Waals surface area contributed by atoms with Crippen molar-refractivity contribution >= 4 is 27.1 Å². The second-order valence-corrected chi connectivity index (χ2v) is 8.70. The number of sulfone groups is 1. The van der Waals surface area contributed by atoms with Gasteiger partial charge in [-0.05, 0) is 37.8 Å². The molecule has 0 saturated heterocycles. The van der Waals surface area contributed by atoms with Crippen molar-refractivity contribution in [3.8, 4) is 0 Å². The van der Waals surface area contributed by atoms with Crippen LogP contribution in [0.2, 0.25) is 0 Å². The van der Waals surface area contributed by atoms with E-state index in [9.17, 15) is 8.42 Å². The lowest BCUT2D eigenvalue weighted by Crippen LogP contribution is -2.22. The van der Waals surface area contributed by atoms with Gasteiger partial charge >= 0.3 is 0 Å². The average molecular weight is 366 g/mol. The number of rotatable bonds is 4. The predicted molar refractivity (Wildman–Crippen MR) is 94.5 cm³/mol. The standard InChI is InChI=1S/C17H20ClN3O2S/c1-13(17(18)24(22,23)14-9-5-4-6-10-14)21-16-12-8-3-2-7-11-15(16)19-20-21/h4-6,9-10,17H,1-3,7-8,11-12H2. The predicted octanol–water partition coefficient (Wildman–Crippen LogP) is 3.45. The lowest BCUT2D eigenvalue weighted by molar-refractivity contribution is 0.593. The molecule has 0 amide bonds. The van der Waals surface area contributed by atoms with E-state index >= 15 is 0 Å². The Labute approximate surface area is 147 Å². The number of fused-ring (bicyclic) bond motifs is 1. The third-order valence-electron chi connectivity index (χ3n) is 4.30.